The molecule has 0 aromatic heterocycles. The molecule has 10 nitrogen and oxygen atoms in total. The van der Waals surface area contributed by atoms with Crippen LogP contribution in [0.3, 0.4) is 0 Å². The number of amides is 1. The maximum Gasteiger partial charge on any atom is 0.346 e. The van der Waals surface area contributed by atoms with E-state index in [-0.39, 0.29) is 22.7 Å². The molecule has 1 amide bonds. The molecule has 2 aliphatic heterocycles. The van der Waals surface area contributed by atoms with Crippen molar-refractivity contribution in [1.82, 2.24) is 14.2 Å². The van der Waals surface area contributed by atoms with Gasteiger partial charge in [-0.1, -0.05) is 6.07 Å². The minimum atomic E-state index is -3.11. The summed E-state index contributed by atoms with van der Waals surface area (Å²) in [7, 11) is -1.95. The Morgan fingerprint density at radius 3 is 2.50 bits per heavy atom. The van der Waals surface area contributed by atoms with E-state index in [1.165, 1.54) is 42.5 Å². The molecule has 2 fully saturated rings. The van der Waals surface area contributed by atoms with Gasteiger partial charge in [0.2, 0.25) is 5.75 Å². The highest BCUT2D eigenvalue weighted by Crippen LogP contribution is 2.63. The van der Waals surface area contributed by atoms with Gasteiger partial charge >= 0.3 is 13.4 Å². The van der Waals surface area contributed by atoms with Crippen molar-refractivity contribution in [3.63, 3.8) is 0 Å². The fourth-order valence-corrected chi connectivity index (χ4v) is 5.55. The number of carbonyl (C=O) groups is 1. The lowest BCUT2D eigenvalue weighted by atomic mass is 10.1. The average molecular weight is 463 g/mol. The minimum Gasteiger partial charge on any atom is -0.450 e. The molecule has 2 aliphatic rings. The van der Waals surface area contributed by atoms with E-state index in [1.807, 2.05) is 0 Å². The summed E-state index contributed by atoms with van der Waals surface area (Å²) in [5, 5.41) is 11.6. The van der Waals surface area contributed by atoms with Crippen LogP contribution in [-0.2, 0) is 9.09 Å². The number of benzene rings is 2. The molecular weight excluding hydrogens is 435 g/mol. The Labute approximate surface area is 190 Å². The summed E-state index contributed by atoms with van der Waals surface area (Å²) in [5.74, 6) is -0.728. The Kier molecular flexibility index (Phi) is 5.06. The number of hydrogen-bond donors (Lipinski definition) is 0. The second-order valence-electron chi connectivity index (χ2n) is 7.62. The lowest BCUT2D eigenvalue weighted by Gasteiger charge is -2.24. The first kappa shape index (κ1) is 18.8. The van der Waals surface area contributed by atoms with Gasteiger partial charge in [0.05, 0.1) is 11.0 Å². The van der Waals surface area contributed by atoms with E-state index in [0.29, 0.717) is 36.6 Å². The lowest BCUT2D eigenvalue weighted by Crippen LogP contribution is -2.21. The number of nitro benzene ring substituents is 1. The molecule has 0 bridgehead atoms. The second-order valence-corrected chi connectivity index (χ2v) is 9.95. The van der Waals surface area contributed by atoms with Crippen LogP contribution in [0.15, 0.2) is 42.5 Å². The maximum absolute atomic E-state index is 13.3. The van der Waals surface area contributed by atoms with Crippen LogP contribution < -0.4 is 4.74 Å². The first-order valence-electron chi connectivity index (χ1n) is 11.5. The van der Waals surface area contributed by atoms with Gasteiger partial charge in [0.1, 0.15) is 5.75 Å². The molecule has 11 heteroatoms. The molecule has 0 saturated carbocycles. The number of hydrogen-bond acceptors (Lipinski definition) is 6. The summed E-state index contributed by atoms with van der Waals surface area (Å²) in [5.41, 5.74) is 0.274. The van der Waals surface area contributed by atoms with Crippen LogP contribution >= 0.6 is 7.67 Å². The normalized spacial score (nSPS) is 18.8. The minimum absolute atomic E-state index is 0.0505. The smallest absolute Gasteiger partial charge is 0.346 e. The summed E-state index contributed by atoms with van der Waals surface area (Å²) in [6.07, 6.45) is -0.633. The number of nitro groups is 1. The van der Waals surface area contributed by atoms with Gasteiger partial charge in [0, 0.05) is 55.9 Å². The van der Waals surface area contributed by atoms with Crippen LogP contribution in [0.1, 0.15) is 33.1 Å². The number of rotatable bonds is 9. The van der Waals surface area contributed by atoms with E-state index in [9.17, 15) is 19.5 Å². The third-order valence-electron chi connectivity index (χ3n) is 5.12. The fraction of sp³-hybridized carbons (Fsp3) is 0.381. The van der Waals surface area contributed by atoms with Crippen LogP contribution in [0.2, 0.25) is 0 Å². The summed E-state index contributed by atoms with van der Waals surface area (Å²) in [6.45, 7) is 1.88. The van der Waals surface area contributed by atoms with Crippen molar-refractivity contribution in [1.29, 1.82) is 0 Å². The molecule has 0 radical (unpaired) electrons. The Hall–Kier alpha value is -2.78. The fourth-order valence-electron chi connectivity index (χ4n) is 3.20. The standard InChI is InChI=1S/C21H25N4O6P/c1-15(31-32(29,23-9-10-23)24-11-12-24)16-7-8-19(25(27)28)20(14-16)30-18-6-4-5-17(13-18)21(26)22(2)3/h4-8,13-15H,9-12H2,1-3H3/t15-/m1/s1/i2D3. The third kappa shape index (κ3) is 4.68. The SMILES string of the molecule is [2H]C([2H])([2H])N(C)C(=O)c1cccc(Oc2cc([C@@H](C)OP(=O)(N3CC3)N3CC3)ccc2[N+](=O)[O-])c1. The highest BCUT2D eigenvalue weighted by atomic mass is 31.2. The van der Waals surface area contributed by atoms with E-state index in [2.05, 4.69) is 0 Å². The van der Waals surface area contributed by atoms with Crippen molar-refractivity contribution in [2.75, 3.05) is 40.2 Å². The first-order chi connectivity index (χ1) is 16.4. The number of carbonyl (C=O) groups excluding carboxylic acids is 1. The van der Waals surface area contributed by atoms with Crippen LogP contribution in [-0.4, -0.2) is 65.3 Å². The average Bonchev–Trinajstić information content (AvgIpc) is 3.69. The van der Waals surface area contributed by atoms with Gasteiger partial charge in [-0.05, 0) is 42.8 Å². The second kappa shape index (κ2) is 8.63. The molecule has 170 valence electrons. The zero-order chi connectivity index (χ0) is 25.5. The topological polar surface area (TPSA) is 105 Å². The highest BCUT2D eigenvalue weighted by Gasteiger charge is 2.50. The zero-order valence-electron chi connectivity index (χ0n) is 20.6. The van der Waals surface area contributed by atoms with Gasteiger partial charge < -0.3 is 9.64 Å². The van der Waals surface area contributed by atoms with Crippen LogP contribution in [0.5, 0.6) is 11.5 Å². The third-order valence-corrected chi connectivity index (χ3v) is 7.94. The van der Waals surface area contributed by atoms with Crippen molar-refractivity contribution < 1.29 is 27.7 Å². The Morgan fingerprint density at radius 1 is 1.22 bits per heavy atom. The van der Waals surface area contributed by atoms with Gasteiger partial charge in [-0.25, -0.2) is 9.34 Å². The largest absolute Gasteiger partial charge is 0.450 e. The maximum atomic E-state index is 13.3. The van der Waals surface area contributed by atoms with Crippen LogP contribution in [0.4, 0.5) is 5.69 Å². The molecule has 2 saturated heterocycles. The molecular formula is C21H25N4O6P. The molecule has 0 unspecified atom stereocenters. The number of ether oxygens (including phenoxy) is 1. The Bertz CT molecular complexity index is 1190. The Balaban J connectivity index is 1.59. The zero-order valence-corrected chi connectivity index (χ0v) is 18.5. The summed E-state index contributed by atoms with van der Waals surface area (Å²) >= 11 is 0. The van der Waals surface area contributed by atoms with Crippen molar-refractivity contribution in [3.05, 3.63) is 63.7 Å². The highest BCUT2D eigenvalue weighted by molar-refractivity contribution is 7.54. The van der Waals surface area contributed by atoms with Crippen molar-refractivity contribution in [3.8, 4) is 11.5 Å². The van der Waals surface area contributed by atoms with Gasteiger partial charge in [-0.15, -0.1) is 0 Å². The van der Waals surface area contributed by atoms with Gasteiger partial charge in [0.15, 0.2) is 0 Å². The quantitative estimate of drug-likeness (QED) is 0.239. The van der Waals surface area contributed by atoms with Crippen LogP contribution in [0, 0.1) is 10.1 Å². The summed E-state index contributed by atoms with van der Waals surface area (Å²) in [6, 6.07) is 9.98. The first-order valence-corrected chi connectivity index (χ1v) is 11.6. The lowest BCUT2D eigenvalue weighted by molar-refractivity contribution is -0.385. The molecule has 32 heavy (non-hydrogen) atoms. The molecule has 2 heterocycles. The van der Waals surface area contributed by atoms with Gasteiger partial charge in [0.25, 0.3) is 5.91 Å². The number of nitrogens with zero attached hydrogens (tertiary/aromatic N) is 4. The molecule has 0 N–H and O–H groups in total. The molecule has 2 aromatic carbocycles. The molecule has 4 rings (SSSR count). The van der Waals surface area contributed by atoms with Crippen molar-refractivity contribution in [2.24, 2.45) is 0 Å². The predicted octanol–water partition coefficient (Wildman–Crippen LogP) is 3.91. The van der Waals surface area contributed by atoms with E-state index in [4.69, 9.17) is 13.4 Å². The van der Waals surface area contributed by atoms with Crippen LogP contribution in [0.25, 0.3) is 0 Å². The van der Waals surface area contributed by atoms with Gasteiger partial charge in [-0.3, -0.25) is 24.0 Å². The van der Waals surface area contributed by atoms with E-state index >= 15 is 0 Å². The molecule has 2 aromatic rings. The monoisotopic (exact) mass is 463 g/mol. The van der Waals surface area contributed by atoms with E-state index in [0.717, 1.165) is 7.05 Å². The van der Waals surface area contributed by atoms with E-state index < -0.39 is 31.6 Å². The molecule has 0 aliphatic carbocycles. The predicted molar refractivity (Wildman–Crippen MR) is 118 cm³/mol. The van der Waals surface area contributed by atoms with Gasteiger partial charge in [-0.2, -0.15) is 0 Å². The molecule has 0 spiro atoms. The van der Waals surface area contributed by atoms with E-state index in [1.54, 1.807) is 16.3 Å². The summed E-state index contributed by atoms with van der Waals surface area (Å²) in [4.78, 5) is 24.1. The summed E-state index contributed by atoms with van der Waals surface area (Å²) < 4.78 is 50.8. The Morgan fingerprint density at radius 2 is 1.91 bits per heavy atom. The molecule has 1 atom stereocenters. The van der Waals surface area contributed by atoms with Crippen molar-refractivity contribution in [2.45, 2.75) is 13.0 Å². The van der Waals surface area contributed by atoms with Crippen molar-refractivity contribution >= 4 is 19.3 Å².